The van der Waals surface area contributed by atoms with Crippen molar-refractivity contribution in [2.24, 2.45) is 0 Å². The molecule has 0 aromatic heterocycles. The molecule has 2 aromatic rings. The Balaban J connectivity index is 1.99. The molecule has 150 valence electrons. The first-order valence-corrected chi connectivity index (χ1v) is 12.0. The van der Waals surface area contributed by atoms with E-state index in [4.69, 9.17) is 0 Å². The molecule has 1 heteroatoms. The van der Waals surface area contributed by atoms with Gasteiger partial charge in [0.15, 0.2) is 0 Å². The Labute approximate surface area is 190 Å². The molecule has 1 aliphatic rings. The van der Waals surface area contributed by atoms with E-state index in [0.717, 1.165) is 16.4 Å². The second-order valence-electron chi connectivity index (χ2n) is 8.28. The lowest BCUT2D eigenvalue weighted by Gasteiger charge is -2.22. The van der Waals surface area contributed by atoms with Crippen LogP contribution in [0.25, 0.3) is 17.2 Å². The third-order valence-electron chi connectivity index (χ3n) is 5.89. The predicted molar refractivity (Wildman–Crippen MR) is 139 cm³/mol. The number of fused-ring (bicyclic) bond motifs is 1. The van der Waals surface area contributed by atoms with Gasteiger partial charge >= 0.3 is 0 Å². The molecular weight excluding hydrogens is 463 g/mol. The van der Waals surface area contributed by atoms with Crippen LogP contribution in [0.15, 0.2) is 72.8 Å². The molecule has 3 rings (SSSR count). The molecule has 0 bridgehead atoms. The number of rotatable bonds is 6. The summed E-state index contributed by atoms with van der Waals surface area (Å²) in [5.41, 5.74) is 10.5. The minimum atomic E-state index is 0.0239. The maximum absolute atomic E-state index is 4.35. The van der Waals surface area contributed by atoms with Crippen molar-refractivity contribution in [3.8, 4) is 0 Å². The minimum absolute atomic E-state index is 0.0239. The van der Waals surface area contributed by atoms with Crippen molar-refractivity contribution in [3.05, 3.63) is 101 Å². The molecule has 0 N–H and O–H groups in total. The third kappa shape index (κ3) is 4.50. The number of halogens is 1. The topological polar surface area (TPSA) is 0 Å². The Morgan fingerprint density at radius 2 is 1.86 bits per heavy atom. The molecule has 0 radical (unpaired) electrons. The van der Waals surface area contributed by atoms with Crippen molar-refractivity contribution in [1.82, 2.24) is 0 Å². The van der Waals surface area contributed by atoms with Gasteiger partial charge in [0.1, 0.15) is 0 Å². The van der Waals surface area contributed by atoms with E-state index in [1.165, 1.54) is 45.4 Å². The first kappa shape index (κ1) is 21.8. The van der Waals surface area contributed by atoms with Crippen LogP contribution in [-0.4, -0.2) is 4.43 Å². The summed E-state index contributed by atoms with van der Waals surface area (Å²) in [4.78, 5) is 0. The Kier molecular flexibility index (Phi) is 7.00. The molecule has 0 amide bonds. The van der Waals surface area contributed by atoms with Crippen molar-refractivity contribution in [3.63, 3.8) is 0 Å². The lowest BCUT2D eigenvalue weighted by atomic mass is 9.81. The second-order valence-corrected chi connectivity index (χ2v) is 9.16. The lowest BCUT2D eigenvalue weighted by molar-refractivity contribution is 0.659. The van der Waals surface area contributed by atoms with E-state index < -0.39 is 0 Å². The molecule has 0 spiro atoms. The molecular formula is C28H31I. The fourth-order valence-electron chi connectivity index (χ4n) is 4.13. The van der Waals surface area contributed by atoms with Crippen molar-refractivity contribution in [2.75, 3.05) is 4.43 Å². The molecule has 0 fully saturated rings. The van der Waals surface area contributed by atoms with Crippen molar-refractivity contribution >= 4 is 39.8 Å². The molecule has 0 heterocycles. The molecule has 0 saturated heterocycles. The number of benzene rings is 2. The normalized spacial score (nSPS) is 18.0. The summed E-state index contributed by atoms with van der Waals surface area (Å²) < 4.78 is 1.03. The van der Waals surface area contributed by atoms with Crippen LogP contribution in [0.2, 0.25) is 0 Å². The predicted octanol–water partition coefficient (Wildman–Crippen LogP) is 8.56. The van der Waals surface area contributed by atoms with Gasteiger partial charge in [0, 0.05) is 9.84 Å². The molecule has 0 nitrogen and oxygen atoms in total. The fraction of sp³-hybridized carbons (Fsp3) is 0.286. The van der Waals surface area contributed by atoms with E-state index in [9.17, 15) is 0 Å². The zero-order valence-electron chi connectivity index (χ0n) is 18.1. The number of allylic oxidation sites excluding steroid dienone is 6. The maximum Gasteiger partial charge on any atom is 0.0182 e. The summed E-state index contributed by atoms with van der Waals surface area (Å²) in [5.74, 6) is 0. The van der Waals surface area contributed by atoms with Crippen LogP contribution in [0.5, 0.6) is 0 Å². The molecule has 0 aliphatic heterocycles. The zero-order valence-corrected chi connectivity index (χ0v) is 20.2. The fourth-order valence-corrected chi connectivity index (χ4v) is 4.57. The molecule has 0 unspecified atom stereocenters. The Morgan fingerprint density at radius 1 is 1.10 bits per heavy atom. The van der Waals surface area contributed by atoms with E-state index in [2.05, 4.69) is 124 Å². The first-order valence-electron chi connectivity index (χ1n) is 10.4. The van der Waals surface area contributed by atoms with Gasteiger partial charge in [-0.15, -0.1) is 0 Å². The summed E-state index contributed by atoms with van der Waals surface area (Å²) in [6.45, 7) is 13.4. The van der Waals surface area contributed by atoms with E-state index in [0.29, 0.717) is 0 Å². The van der Waals surface area contributed by atoms with Crippen LogP contribution in [0.3, 0.4) is 0 Å². The van der Waals surface area contributed by atoms with Gasteiger partial charge < -0.3 is 0 Å². The highest BCUT2D eigenvalue weighted by Crippen LogP contribution is 2.50. The minimum Gasteiger partial charge on any atom is -0.0912 e. The van der Waals surface area contributed by atoms with E-state index in [-0.39, 0.29) is 5.41 Å². The Morgan fingerprint density at radius 3 is 2.55 bits per heavy atom. The lowest BCUT2D eigenvalue weighted by Crippen LogP contribution is -2.15. The van der Waals surface area contributed by atoms with Gasteiger partial charge in [-0.3, -0.25) is 0 Å². The standard InChI is InChI=1S/C28H31I/c1-6-7-12-24-25-16-15-23(19-27(25)28(4,5)26(24)17-18-29)21(3)13-14-22-11-9-8-10-20(22)2/h8-17,19H,3,6-7,18H2,1-2,4-5H3/b14-13-,24-12-,26-17+. The van der Waals surface area contributed by atoms with Crippen LogP contribution in [0.1, 0.15) is 61.4 Å². The van der Waals surface area contributed by atoms with Gasteiger partial charge in [0.2, 0.25) is 0 Å². The van der Waals surface area contributed by atoms with E-state index in [1.54, 1.807) is 0 Å². The zero-order chi connectivity index (χ0) is 21.0. The average molecular weight is 494 g/mol. The third-order valence-corrected chi connectivity index (χ3v) is 6.33. The number of unbranched alkanes of at least 4 members (excludes halogenated alkanes) is 1. The van der Waals surface area contributed by atoms with E-state index in [1.807, 2.05) is 0 Å². The molecule has 1 aliphatic carbocycles. The highest BCUT2D eigenvalue weighted by Gasteiger charge is 2.37. The average Bonchev–Trinajstić information content (AvgIpc) is 2.92. The van der Waals surface area contributed by atoms with Crippen LogP contribution in [0.4, 0.5) is 0 Å². The van der Waals surface area contributed by atoms with Gasteiger partial charge in [0.05, 0.1) is 0 Å². The van der Waals surface area contributed by atoms with Crippen LogP contribution in [0, 0.1) is 6.92 Å². The van der Waals surface area contributed by atoms with Gasteiger partial charge in [-0.1, -0.05) is 117 Å². The van der Waals surface area contributed by atoms with Gasteiger partial charge in [-0.25, -0.2) is 0 Å². The quantitative estimate of drug-likeness (QED) is 0.214. The van der Waals surface area contributed by atoms with Crippen molar-refractivity contribution in [2.45, 2.75) is 46.0 Å². The van der Waals surface area contributed by atoms with Crippen LogP contribution >= 0.6 is 22.6 Å². The molecule has 2 aromatic carbocycles. The van der Waals surface area contributed by atoms with E-state index >= 15 is 0 Å². The summed E-state index contributed by atoms with van der Waals surface area (Å²) >= 11 is 2.45. The first-order chi connectivity index (χ1) is 13.9. The van der Waals surface area contributed by atoms with Crippen molar-refractivity contribution in [1.29, 1.82) is 0 Å². The summed E-state index contributed by atoms with van der Waals surface area (Å²) in [7, 11) is 0. The van der Waals surface area contributed by atoms with Gasteiger partial charge in [-0.2, -0.15) is 0 Å². The van der Waals surface area contributed by atoms with Crippen LogP contribution in [-0.2, 0) is 5.41 Å². The maximum atomic E-state index is 4.35. The number of hydrogen-bond donors (Lipinski definition) is 0. The smallest absolute Gasteiger partial charge is 0.0182 e. The Hall–Kier alpha value is -1.87. The summed E-state index contributed by atoms with van der Waals surface area (Å²) in [6, 6.07) is 15.3. The van der Waals surface area contributed by atoms with Crippen molar-refractivity contribution < 1.29 is 0 Å². The van der Waals surface area contributed by atoms with Gasteiger partial charge in [0.25, 0.3) is 0 Å². The number of hydrogen-bond acceptors (Lipinski definition) is 0. The molecule has 0 atom stereocenters. The van der Waals surface area contributed by atoms with Crippen LogP contribution < -0.4 is 0 Å². The number of aryl methyl sites for hydroxylation is 1. The van der Waals surface area contributed by atoms with Gasteiger partial charge in [-0.05, 0) is 63.9 Å². The Bertz CT molecular complexity index is 999. The largest absolute Gasteiger partial charge is 0.0912 e. The second kappa shape index (κ2) is 9.30. The molecule has 29 heavy (non-hydrogen) atoms. The highest BCUT2D eigenvalue weighted by atomic mass is 127. The highest BCUT2D eigenvalue weighted by molar-refractivity contribution is 14.1. The SMILES string of the molecule is C=C(/C=C\c1ccccc1C)c1ccc2c(c1)C(C)(C)C(=C/CI)/C2=C\CCC. The molecule has 0 saturated carbocycles. The summed E-state index contributed by atoms with van der Waals surface area (Å²) in [5, 5.41) is 0. The number of alkyl halides is 1. The summed E-state index contributed by atoms with van der Waals surface area (Å²) in [6.07, 6.45) is 11.4. The monoisotopic (exact) mass is 494 g/mol.